The van der Waals surface area contributed by atoms with Gasteiger partial charge in [0, 0.05) is 23.0 Å². The zero-order valence-electron chi connectivity index (χ0n) is 12.1. The number of hydrogen-bond acceptors (Lipinski definition) is 6. The van der Waals surface area contributed by atoms with Crippen molar-refractivity contribution in [3.8, 4) is 5.88 Å². The van der Waals surface area contributed by atoms with Crippen LogP contribution in [0.2, 0.25) is 0 Å². The molecule has 0 saturated heterocycles. The highest BCUT2D eigenvalue weighted by atomic mass is 16.5. The lowest BCUT2D eigenvalue weighted by Gasteiger charge is -2.09. The van der Waals surface area contributed by atoms with Crippen LogP contribution < -0.4 is 21.3 Å². The zero-order chi connectivity index (χ0) is 15.4. The fraction of sp³-hybridized carbons (Fsp3) is 0.214. The molecule has 2 aromatic rings. The van der Waals surface area contributed by atoms with Gasteiger partial charge in [0.05, 0.1) is 7.11 Å². The molecular formula is C14H17N5O2. The predicted molar refractivity (Wildman–Crippen MR) is 80.3 cm³/mol. The second-order valence-electron chi connectivity index (χ2n) is 4.50. The van der Waals surface area contributed by atoms with Crippen molar-refractivity contribution in [2.24, 2.45) is 5.84 Å². The number of nitrogens with one attached hydrogen (secondary N) is 2. The summed E-state index contributed by atoms with van der Waals surface area (Å²) in [5.74, 6) is 5.65. The Balaban J connectivity index is 2.23. The maximum atomic E-state index is 12.3. The smallest absolute Gasteiger partial charge is 0.258 e. The molecule has 0 radical (unpaired) electrons. The average molecular weight is 287 g/mol. The number of rotatable bonds is 4. The van der Waals surface area contributed by atoms with Gasteiger partial charge in [0.15, 0.2) is 0 Å². The Morgan fingerprint density at radius 3 is 2.62 bits per heavy atom. The summed E-state index contributed by atoms with van der Waals surface area (Å²) in [6, 6.07) is 6.88. The van der Waals surface area contributed by atoms with Crippen LogP contribution in [-0.2, 0) is 0 Å². The number of carbonyl (C=O) groups is 1. The van der Waals surface area contributed by atoms with Gasteiger partial charge in [-0.05, 0) is 37.6 Å². The molecule has 0 atom stereocenters. The van der Waals surface area contributed by atoms with E-state index in [9.17, 15) is 4.79 Å². The van der Waals surface area contributed by atoms with E-state index < -0.39 is 0 Å². The van der Waals surface area contributed by atoms with Crippen molar-refractivity contribution in [3.05, 3.63) is 41.1 Å². The van der Waals surface area contributed by atoms with Gasteiger partial charge < -0.3 is 10.2 Å². The van der Waals surface area contributed by atoms with Gasteiger partial charge in [-0.15, -0.1) is 0 Å². The summed E-state index contributed by atoms with van der Waals surface area (Å²) in [6.45, 7) is 3.63. The molecule has 4 N–H and O–H groups in total. The zero-order valence-corrected chi connectivity index (χ0v) is 12.1. The van der Waals surface area contributed by atoms with Crippen molar-refractivity contribution in [3.63, 3.8) is 0 Å². The molecule has 0 aliphatic rings. The van der Waals surface area contributed by atoms with E-state index in [0.717, 1.165) is 11.3 Å². The summed E-state index contributed by atoms with van der Waals surface area (Å²) in [4.78, 5) is 20.5. The standard InChI is InChI=1S/C14H17N5O2/c1-8-6-10(19-15)4-5-11(8)13(20)18-14-16-9(2)7-12(17-14)21-3/h4-7,19H,15H2,1-3H3,(H,16,17,18,20). The molecule has 0 unspecified atom stereocenters. The largest absolute Gasteiger partial charge is 0.481 e. The second kappa shape index (κ2) is 6.19. The van der Waals surface area contributed by atoms with E-state index in [1.54, 1.807) is 31.2 Å². The maximum absolute atomic E-state index is 12.3. The Morgan fingerprint density at radius 2 is 2.00 bits per heavy atom. The molecule has 0 fully saturated rings. The number of amides is 1. The van der Waals surface area contributed by atoms with Crippen LogP contribution in [-0.4, -0.2) is 23.0 Å². The summed E-state index contributed by atoms with van der Waals surface area (Å²) in [5.41, 5.74) is 5.29. The molecule has 0 aliphatic heterocycles. The molecule has 0 aliphatic carbocycles. The fourth-order valence-corrected chi connectivity index (χ4v) is 1.88. The highest BCUT2D eigenvalue weighted by Crippen LogP contribution is 2.16. The summed E-state index contributed by atoms with van der Waals surface area (Å²) in [6.07, 6.45) is 0. The molecule has 110 valence electrons. The number of methoxy groups -OCH3 is 1. The average Bonchev–Trinajstić information content (AvgIpc) is 2.46. The van der Waals surface area contributed by atoms with E-state index in [1.807, 2.05) is 6.92 Å². The quantitative estimate of drug-likeness (QED) is 0.583. The van der Waals surface area contributed by atoms with Crippen molar-refractivity contribution in [2.45, 2.75) is 13.8 Å². The van der Waals surface area contributed by atoms with Crippen LogP contribution in [0.25, 0.3) is 0 Å². The van der Waals surface area contributed by atoms with Gasteiger partial charge in [-0.25, -0.2) is 4.98 Å². The van der Waals surface area contributed by atoms with Crippen molar-refractivity contribution >= 4 is 17.5 Å². The Morgan fingerprint density at radius 1 is 1.24 bits per heavy atom. The lowest BCUT2D eigenvalue weighted by molar-refractivity contribution is 0.102. The number of hydrazine groups is 1. The topological polar surface area (TPSA) is 102 Å². The number of ether oxygens (including phenoxy) is 1. The van der Waals surface area contributed by atoms with Gasteiger partial charge in [-0.2, -0.15) is 4.98 Å². The molecular weight excluding hydrogens is 270 g/mol. The Bertz CT molecular complexity index is 672. The van der Waals surface area contributed by atoms with E-state index in [0.29, 0.717) is 17.1 Å². The van der Waals surface area contributed by atoms with Gasteiger partial charge >= 0.3 is 0 Å². The Hall–Kier alpha value is -2.67. The summed E-state index contributed by atoms with van der Waals surface area (Å²) in [5, 5.41) is 2.66. The lowest BCUT2D eigenvalue weighted by atomic mass is 10.1. The Labute approximate surface area is 122 Å². The summed E-state index contributed by atoms with van der Waals surface area (Å²) < 4.78 is 5.05. The number of carbonyl (C=O) groups excluding carboxylic acids is 1. The number of nitrogens with two attached hydrogens (primary N) is 1. The van der Waals surface area contributed by atoms with E-state index >= 15 is 0 Å². The first-order valence-electron chi connectivity index (χ1n) is 6.31. The first-order valence-corrected chi connectivity index (χ1v) is 6.31. The first kappa shape index (κ1) is 14.7. The van der Waals surface area contributed by atoms with Gasteiger partial charge in [-0.3, -0.25) is 16.0 Å². The molecule has 0 bridgehead atoms. The third kappa shape index (κ3) is 3.46. The number of nitrogen functional groups attached to an aromatic ring is 1. The third-order valence-electron chi connectivity index (χ3n) is 2.90. The molecule has 0 spiro atoms. The normalized spacial score (nSPS) is 10.1. The monoisotopic (exact) mass is 287 g/mol. The van der Waals surface area contributed by atoms with Crippen LogP contribution in [0.5, 0.6) is 5.88 Å². The minimum Gasteiger partial charge on any atom is -0.481 e. The fourth-order valence-electron chi connectivity index (χ4n) is 1.88. The number of nitrogens with zero attached hydrogens (tertiary/aromatic N) is 2. The van der Waals surface area contributed by atoms with E-state index in [1.165, 1.54) is 7.11 Å². The highest BCUT2D eigenvalue weighted by Gasteiger charge is 2.12. The van der Waals surface area contributed by atoms with Crippen LogP contribution in [0.1, 0.15) is 21.6 Å². The van der Waals surface area contributed by atoms with Crippen molar-refractivity contribution in [2.75, 3.05) is 17.9 Å². The predicted octanol–water partition coefficient (Wildman–Crippen LogP) is 1.64. The molecule has 2 rings (SSSR count). The van der Waals surface area contributed by atoms with Crippen LogP contribution in [0.4, 0.5) is 11.6 Å². The van der Waals surface area contributed by atoms with Crippen LogP contribution in [0.3, 0.4) is 0 Å². The molecule has 1 aromatic carbocycles. The van der Waals surface area contributed by atoms with Gasteiger partial charge in [0.2, 0.25) is 11.8 Å². The minimum atomic E-state index is -0.288. The molecule has 21 heavy (non-hydrogen) atoms. The van der Waals surface area contributed by atoms with Crippen molar-refractivity contribution in [1.29, 1.82) is 0 Å². The number of hydrogen-bond donors (Lipinski definition) is 3. The van der Waals surface area contributed by atoms with Crippen LogP contribution in [0, 0.1) is 13.8 Å². The van der Waals surface area contributed by atoms with Gasteiger partial charge in [-0.1, -0.05) is 0 Å². The second-order valence-corrected chi connectivity index (χ2v) is 4.50. The number of aromatic nitrogens is 2. The van der Waals surface area contributed by atoms with E-state index in [4.69, 9.17) is 10.6 Å². The van der Waals surface area contributed by atoms with Gasteiger partial charge in [0.1, 0.15) is 0 Å². The number of benzene rings is 1. The van der Waals surface area contributed by atoms with E-state index in [2.05, 4.69) is 20.7 Å². The number of aryl methyl sites for hydroxylation is 2. The van der Waals surface area contributed by atoms with Crippen LogP contribution >= 0.6 is 0 Å². The van der Waals surface area contributed by atoms with Crippen LogP contribution in [0.15, 0.2) is 24.3 Å². The molecule has 7 heteroatoms. The van der Waals surface area contributed by atoms with Crippen molar-refractivity contribution < 1.29 is 9.53 Å². The molecule has 1 aromatic heterocycles. The van der Waals surface area contributed by atoms with Gasteiger partial charge in [0.25, 0.3) is 5.91 Å². The van der Waals surface area contributed by atoms with E-state index in [-0.39, 0.29) is 11.9 Å². The highest BCUT2D eigenvalue weighted by molar-refractivity contribution is 6.04. The molecule has 1 heterocycles. The molecule has 0 saturated carbocycles. The summed E-state index contributed by atoms with van der Waals surface area (Å²) in [7, 11) is 1.51. The SMILES string of the molecule is COc1cc(C)nc(NC(=O)c2ccc(NN)cc2C)n1. The molecule has 7 nitrogen and oxygen atoms in total. The Kier molecular flexibility index (Phi) is 4.34. The third-order valence-corrected chi connectivity index (χ3v) is 2.90. The molecule has 1 amide bonds. The summed E-state index contributed by atoms with van der Waals surface area (Å²) >= 11 is 0. The lowest BCUT2D eigenvalue weighted by Crippen LogP contribution is -2.16. The maximum Gasteiger partial charge on any atom is 0.258 e. The van der Waals surface area contributed by atoms with Crippen molar-refractivity contribution in [1.82, 2.24) is 9.97 Å². The number of anilines is 2. The minimum absolute atomic E-state index is 0.206. The first-order chi connectivity index (χ1) is 10.0.